The average Bonchev–Trinajstić information content (AvgIpc) is 2.67. The van der Waals surface area contributed by atoms with Gasteiger partial charge < -0.3 is 28.2 Å². The molecule has 1 aliphatic rings. The summed E-state index contributed by atoms with van der Waals surface area (Å²) < 4.78 is 10.6. The third kappa shape index (κ3) is 13.2. The Morgan fingerprint density at radius 2 is 2.13 bits per heavy atom. The van der Waals surface area contributed by atoms with Crippen molar-refractivity contribution in [2.75, 3.05) is 13.2 Å². The number of hydrogen-bond acceptors (Lipinski definition) is 3. The van der Waals surface area contributed by atoms with E-state index in [1.807, 2.05) is 0 Å². The van der Waals surface area contributed by atoms with E-state index < -0.39 is 0 Å². The van der Waals surface area contributed by atoms with Gasteiger partial charge in [0.2, 0.25) is 0 Å². The molecule has 0 N–H and O–H groups in total. The maximum absolute atomic E-state index is 6.25. The van der Waals surface area contributed by atoms with Crippen molar-refractivity contribution < 1.29 is 41.3 Å². The molecule has 0 bridgehead atoms. The third-order valence-corrected chi connectivity index (χ3v) is 1.55. The minimum absolute atomic E-state index is 0. The Kier molecular flexibility index (Phi) is 25.4. The molecule has 3 nitrogen and oxygen atoms in total. The quantitative estimate of drug-likeness (QED) is 0.397. The Hall–Kier alpha value is 1.28. The second-order valence-electron chi connectivity index (χ2n) is 2.74. The molecule has 0 aromatic rings. The van der Waals surface area contributed by atoms with Gasteiger partial charge in [-0.25, -0.2) is 0 Å². The van der Waals surface area contributed by atoms with Crippen molar-refractivity contribution in [2.45, 2.75) is 26.1 Å². The van der Waals surface area contributed by atoms with Crippen LogP contribution in [0, 0.1) is 24.7 Å². The first kappa shape index (κ1) is 21.6. The van der Waals surface area contributed by atoms with Gasteiger partial charge in [0.15, 0.2) is 6.29 Å². The second kappa shape index (κ2) is 17.7. The van der Waals surface area contributed by atoms with Gasteiger partial charge in [-0.3, -0.25) is 0 Å². The van der Waals surface area contributed by atoms with Gasteiger partial charge in [0.1, 0.15) is 0 Å². The van der Waals surface area contributed by atoms with E-state index in [1.54, 1.807) is 0 Å². The minimum atomic E-state index is 0. The fourth-order valence-corrected chi connectivity index (χ4v) is 1.02. The molecule has 1 aliphatic heterocycles. The van der Waals surface area contributed by atoms with E-state index in [9.17, 15) is 0 Å². The molecule has 0 saturated carbocycles. The van der Waals surface area contributed by atoms with Gasteiger partial charge in [-0.2, -0.15) is 0 Å². The van der Waals surface area contributed by atoms with Crippen molar-refractivity contribution in [3.8, 4) is 0 Å². The van der Waals surface area contributed by atoms with Crippen molar-refractivity contribution in [3.05, 3.63) is 13.5 Å². The fourth-order valence-electron chi connectivity index (χ4n) is 1.02. The molecule has 0 spiro atoms. The van der Waals surface area contributed by atoms with Crippen LogP contribution in [0.2, 0.25) is 0 Å². The molecule has 0 aromatic carbocycles. The van der Waals surface area contributed by atoms with Gasteiger partial charge in [-0.15, -0.1) is 5.92 Å². The van der Waals surface area contributed by atoms with Crippen molar-refractivity contribution in [2.24, 2.45) is 5.92 Å². The standard InChI is InChI=1S/C8H15O2.CN.Cu.HI.Zn/c1-3-4-9-8-5-7(2)6-10-8;1-2;;;/h7-8H,2-6H2,1H3;;;1H;/q2*-1;+1;;+2/p-1/t7-,8+;;;;/m0..../s1. The van der Waals surface area contributed by atoms with Crippen LogP contribution in [0.1, 0.15) is 19.8 Å². The molecule has 1 saturated heterocycles. The summed E-state index contributed by atoms with van der Waals surface area (Å²) in [6.45, 7) is 12.3. The van der Waals surface area contributed by atoms with Crippen LogP contribution in [-0.4, -0.2) is 19.5 Å². The summed E-state index contributed by atoms with van der Waals surface area (Å²) in [4.78, 5) is 0. The van der Waals surface area contributed by atoms with Crippen LogP contribution in [-0.2, 0) is 41.3 Å². The van der Waals surface area contributed by atoms with Crippen LogP contribution in [0.25, 0.3) is 0 Å². The van der Waals surface area contributed by atoms with Crippen LogP contribution in [0.15, 0.2) is 0 Å². The van der Waals surface area contributed by atoms with Crippen molar-refractivity contribution in [1.29, 1.82) is 5.26 Å². The molecule has 0 radical (unpaired) electrons. The maximum atomic E-state index is 6.25. The van der Waals surface area contributed by atoms with E-state index in [1.165, 1.54) is 14.8 Å². The molecular weight excluding hydrogens is 410 g/mol. The SMILES string of the molecule is [C-]#N.[CH2-][C@@H]1CO[C@@H](OCCC)C1.[Cu+].[Zn+][I]. The first-order valence-corrected chi connectivity index (χ1v) is 13.4. The molecule has 0 unspecified atom stereocenters. The monoisotopic (exact) mass is 423 g/mol. The van der Waals surface area contributed by atoms with Crippen LogP contribution in [0.3, 0.4) is 0 Å². The molecule has 1 fully saturated rings. The Labute approximate surface area is 124 Å². The molecule has 0 aromatic heterocycles. The summed E-state index contributed by atoms with van der Waals surface area (Å²) in [6, 6.07) is 0. The summed E-state index contributed by atoms with van der Waals surface area (Å²) in [5, 5.41) is 6.25. The van der Waals surface area contributed by atoms with Crippen molar-refractivity contribution in [1.82, 2.24) is 0 Å². The number of ether oxygens (including phenoxy) is 2. The van der Waals surface area contributed by atoms with Gasteiger partial charge in [-0.1, -0.05) is 6.92 Å². The van der Waals surface area contributed by atoms with E-state index in [4.69, 9.17) is 21.3 Å². The van der Waals surface area contributed by atoms with E-state index >= 15 is 0 Å². The molecule has 6 heteroatoms. The summed E-state index contributed by atoms with van der Waals surface area (Å²) in [5.41, 5.74) is 0. The zero-order valence-corrected chi connectivity index (χ0v) is 14.9. The molecule has 88 valence electrons. The Morgan fingerprint density at radius 1 is 1.60 bits per heavy atom. The molecular formula is C9H15CuINO2Zn. The molecule has 15 heavy (non-hydrogen) atoms. The van der Waals surface area contributed by atoms with E-state index in [0.717, 1.165) is 26.1 Å². The van der Waals surface area contributed by atoms with E-state index in [2.05, 4.69) is 33.6 Å². The summed E-state index contributed by atoms with van der Waals surface area (Å²) >= 11 is 3.62. The zero-order chi connectivity index (χ0) is 11.4. The summed E-state index contributed by atoms with van der Waals surface area (Å²) in [7, 11) is 0. The van der Waals surface area contributed by atoms with Gasteiger partial charge in [-0.05, 0) is 12.8 Å². The predicted octanol–water partition coefficient (Wildman–Crippen LogP) is 2.59. The second-order valence-corrected chi connectivity index (χ2v) is 2.74. The van der Waals surface area contributed by atoms with Crippen LogP contribution < -0.4 is 0 Å². The van der Waals surface area contributed by atoms with E-state index in [0.29, 0.717) is 5.92 Å². The normalized spacial score (nSPS) is 22.6. The summed E-state index contributed by atoms with van der Waals surface area (Å²) in [5.74, 6) is 0.432. The van der Waals surface area contributed by atoms with Gasteiger partial charge >= 0.3 is 51.6 Å². The number of rotatable bonds is 3. The fraction of sp³-hybridized carbons (Fsp3) is 0.778. The van der Waals surface area contributed by atoms with Crippen LogP contribution in [0.5, 0.6) is 0 Å². The number of hydrogen-bond donors (Lipinski definition) is 0. The molecule has 0 amide bonds. The molecule has 0 aliphatic carbocycles. The van der Waals surface area contributed by atoms with Crippen LogP contribution >= 0.6 is 19.8 Å². The van der Waals surface area contributed by atoms with Gasteiger partial charge in [0, 0.05) is 13.2 Å². The topological polar surface area (TPSA) is 42.2 Å². The number of halogens is 1. The van der Waals surface area contributed by atoms with E-state index in [-0.39, 0.29) is 23.4 Å². The first-order valence-electron chi connectivity index (χ1n) is 4.38. The predicted molar refractivity (Wildman–Crippen MR) is 58.4 cm³/mol. The average molecular weight is 425 g/mol. The Bertz CT molecular complexity index is 141. The summed E-state index contributed by atoms with van der Waals surface area (Å²) in [6.07, 6.45) is 2.05. The Morgan fingerprint density at radius 3 is 2.47 bits per heavy atom. The van der Waals surface area contributed by atoms with Crippen molar-refractivity contribution >= 4 is 19.8 Å². The third-order valence-electron chi connectivity index (χ3n) is 1.55. The van der Waals surface area contributed by atoms with Gasteiger partial charge in [0.05, 0.1) is 0 Å². The Balaban J connectivity index is -0.000000258. The van der Waals surface area contributed by atoms with Crippen molar-refractivity contribution in [3.63, 3.8) is 0 Å². The molecule has 2 atom stereocenters. The zero-order valence-electron chi connectivity index (χ0n) is 8.84. The molecule has 1 heterocycles. The van der Waals surface area contributed by atoms with Gasteiger partial charge in [0.25, 0.3) is 0 Å². The first-order chi connectivity index (χ1) is 6.83. The number of nitrogens with zero attached hydrogens (tertiary/aromatic N) is 1. The van der Waals surface area contributed by atoms with Crippen LogP contribution in [0.4, 0.5) is 0 Å². The molecule has 1 rings (SSSR count).